The quantitative estimate of drug-likeness (QED) is 0.699. The van der Waals surface area contributed by atoms with Crippen LogP contribution in [0.5, 0.6) is 0 Å². The molecule has 3 heteroatoms. The van der Waals surface area contributed by atoms with Crippen molar-refractivity contribution in [3.8, 4) is 0 Å². The lowest BCUT2D eigenvalue weighted by Gasteiger charge is -1.98. The zero-order valence-electron chi connectivity index (χ0n) is 5.98. The zero-order chi connectivity index (χ0) is 7.84. The highest BCUT2D eigenvalue weighted by molar-refractivity contribution is 9.10. The van der Waals surface area contributed by atoms with Crippen molar-refractivity contribution >= 4 is 15.9 Å². The number of hydrogen-bond acceptors (Lipinski definition) is 1. The van der Waals surface area contributed by atoms with Crippen LogP contribution in [-0.4, -0.2) is 4.98 Å². The first-order valence-electron chi connectivity index (χ1n) is 3.68. The first-order valence-corrected chi connectivity index (χ1v) is 4.47. The van der Waals surface area contributed by atoms with Crippen molar-refractivity contribution in [2.75, 3.05) is 0 Å². The number of aromatic amines is 1. The van der Waals surface area contributed by atoms with Crippen LogP contribution in [0.2, 0.25) is 0 Å². The highest BCUT2D eigenvalue weighted by atomic mass is 79.9. The fourth-order valence-corrected chi connectivity index (χ4v) is 2.11. The highest BCUT2D eigenvalue weighted by Gasteiger charge is 2.16. The van der Waals surface area contributed by atoms with Gasteiger partial charge in [-0.3, -0.25) is 4.79 Å². The van der Waals surface area contributed by atoms with Gasteiger partial charge in [-0.05, 0) is 40.8 Å². The number of fused-ring (bicyclic) bond motifs is 1. The lowest BCUT2D eigenvalue weighted by molar-refractivity contribution is 0.907. The molecule has 1 aliphatic rings. The van der Waals surface area contributed by atoms with E-state index in [0.717, 1.165) is 29.3 Å². The van der Waals surface area contributed by atoms with Crippen LogP contribution >= 0.6 is 15.9 Å². The monoisotopic (exact) mass is 213 g/mol. The van der Waals surface area contributed by atoms with Gasteiger partial charge >= 0.3 is 0 Å². The molecule has 1 N–H and O–H groups in total. The van der Waals surface area contributed by atoms with E-state index in [0.29, 0.717) is 0 Å². The number of hydrogen-bond donors (Lipinski definition) is 1. The third-order valence-corrected chi connectivity index (χ3v) is 2.82. The summed E-state index contributed by atoms with van der Waals surface area (Å²) in [6.45, 7) is 0. The molecular weight excluding hydrogens is 206 g/mol. The number of H-pyrrole nitrogens is 1. The van der Waals surface area contributed by atoms with Crippen molar-refractivity contribution in [3.63, 3.8) is 0 Å². The molecule has 0 fully saturated rings. The molecular formula is C8H8BrNO. The second-order valence-electron chi connectivity index (χ2n) is 2.78. The van der Waals surface area contributed by atoms with Gasteiger partial charge in [0.25, 0.3) is 5.56 Å². The van der Waals surface area contributed by atoms with Gasteiger partial charge in [0.05, 0.1) is 0 Å². The summed E-state index contributed by atoms with van der Waals surface area (Å²) in [5.74, 6) is 0. The second-order valence-corrected chi connectivity index (χ2v) is 3.63. The molecule has 11 heavy (non-hydrogen) atoms. The lowest BCUT2D eigenvalue weighted by Crippen LogP contribution is -2.11. The van der Waals surface area contributed by atoms with Crippen LogP contribution < -0.4 is 5.56 Å². The van der Waals surface area contributed by atoms with Gasteiger partial charge in [-0.15, -0.1) is 0 Å². The average Bonchev–Trinajstić information content (AvgIpc) is 2.45. The molecule has 2 rings (SSSR count). The van der Waals surface area contributed by atoms with Gasteiger partial charge in [-0.25, -0.2) is 0 Å². The molecule has 2 nitrogen and oxygen atoms in total. The van der Waals surface area contributed by atoms with Gasteiger partial charge in [0, 0.05) is 16.2 Å². The minimum absolute atomic E-state index is 0.0840. The number of rotatable bonds is 0. The Morgan fingerprint density at radius 2 is 2.09 bits per heavy atom. The van der Waals surface area contributed by atoms with Crippen molar-refractivity contribution in [1.29, 1.82) is 0 Å². The topological polar surface area (TPSA) is 32.9 Å². The summed E-state index contributed by atoms with van der Waals surface area (Å²) in [5.41, 5.74) is 2.26. The lowest BCUT2D eigenvalue weighted by atomic mass is 10.2. The average molecular weight is 214 g/mol. The van der Waals surface area contributed by atoms with E-state index in [1.165, 1.54) is 5.56 Å². The molecule has 0 aromatic carbocycles. The van der Waals surface area contributed by atoms with E-state index in [4.69, 9.17) is 0 Å². The highest BCUT2D eigenvalue weighted by Crippen LogP contribution is 2.25. The Hall–Kier alpha value is -0.570. The number of halogens is 1. The molecule has 1 aromatic rings. The SMILES string of the molecule is O=c1[nH]cc(Br)c2c1CCC2. The van der Waals surface area contributed by atoms with Gasteiger partial charge in [0.15, 0.2) is 0 Å². The zero-order valence-corrected chi connectivity index (χ0v) is 7.57. The van der Waals surface area contributed by atoms with E-state index in [2.05, 4.69) is 20.9 Å². The molecule has 0 spiro atoms. The third-order valence-electron chi connectivity index (χ3n) is 2.11. The molecule has 58 valence electrons. The summed E-state index contributed by atoms with van der Waals surface area (Å²) in [6, 6.07) is 0. The van der Waals surface area contributed by atoms with Crippen molar-refractivity contribution in [2.24, 2.45) is 0 Å². The van der Waals surface area contributed by atoms with Gasteiger partial charge in [0.2, 0.25) is 0 Å². The van der Waals surface area contributed by atoms with E-state index < -0.39 is 0 Å². The molecule has 0 saturated heterocycles. The molecule has 0 amide bonds. The van der Waals surface area contributed by atoms with Crippen LogP contribution in [0.3, 0.4) is 0 Å². The molecule has 1 aromatic heterocycles. The molecule has 0 radical (unpaired) electrons. The number of nitrogens with one attached hydrogen (secondary N) is 1. The van der Waals surface area contributed by atoms with Gasteiger partial charge < -0.3 is 4.98 Å². The predicted octanol–water partition coefficient (Wildman–Crippen LogP) is 1.63. The van der Waals surface area contributed by atoms with Crippen LogP contribution in [0.1, 0.15) is 17.5 Å². The maximum absolute atomic E-state index is 11.2. The van der Waals surface area contributed by atoms with Gasteiger partial charge in [-0.2, -0.15) is 0 Å². The van der Waals surface area contributed by atoms with Crippen molar-refractivity contribution in [2.45, 2.75) is 19.3 Å². The first kappa shape index (κ1) is 7.10. The maximum atomic E-state index is 11.2. The van der Waals surface area contributed by atoms with Crippen LogP contribution in [0, 0.1) is 0 Å². The minimum Gasteiger partial charge on any atom is -0.328 e. The molecule has 0 unspecified atom stereocenters. The Morgan fingerprint density at radius 3 is 2.82 bits per heavy atom. The van der Waals surface area contributed by atoms with Gasteiger partial charge in [-0.1, -0.05) is 0 Å². The molecule has 0 atom stereocenters. The third kappa shape index (κ3) is 1.03. The molecule has 0 aliphatic heterocycles. The number of pyridine rings is 1. The fraction of sp³-hybridized carbons (Fsp3) is 0.375. The van der Waals surface area contributed by atoms with Crippen LogP contribution in [0.15, 0.2) is 15.5 Å². The van der Waals surface area contributed by atoms with Gasteiger partial charge in [0.1, 0.15) is 0 Å². The molecule has 1 heterocycles. The van der Waals surface area contributed by atoms with E-state index in [9.17, 15) is 4.79 Å². The Labute approximate surface area is 72.8 Å². The summed E-state index contributed by atoms with van der Waals surface area (Å²) >= 11 is 3.41. The van der Waals surface area contributed by atoms with Crippen molar-refractivity contribution < 1.29 is 0 Å². The van der Waals surface area contributed by atoms with E-state index in [1.54, 1.807) is 6.20 Å². The maximum Gasteiger partial charge on any atom is 0.251 e. The predicted molar refractivity (Wildman–Crippen MR) is 46.8 cm³/mol. The first-order chi connectivity index (χ1) is 5.29. The molecule has 1 aliphatic carbocycles. The fourth-order valence-electron chi connectivity index (χ4n) is 1.56. The summed E-state index contributed by atoms with van der Waals surface area (Å²) in [6.07, 6.45) is 4.82. The van der Waals surface area contributed by atoms with E-state index >= 15 is 0 Å². The minimum atomic E-state index is 0.0840. The summed E-state index contributed by atoms with van der Waals surface area (Å²) < 4.78 is 1.05. The summed E-state index contributed by atoms with van der Waals surface area (Å²) in [4.78, 5) is 13.9. The molecule has 0 bridgehead atoms. The van der Waals surface area contributed by atoms with Crippen molar-refractivity contribution in [1.82, 2.24) is 4.98 Å². The Morgan fingerprint density at radius 1 is 1.36 bits per heavy atom. The van der Waals surface area contributed by atoms with Crippen molar-refractivity contribution in [3.05, 3.63) is 32.2 Å². The smallest absolute Gasteiger partial charge is 0.251 e. The molecule has 0 saturated carbocycles. The van der Waals surface area contributed by atoms with Crippen LogP contribution in [-0.2, 0) is 12.8 Å². The second kappa shape index (κ2) is 2.48. The van der Waals surface area contributed by atoms with Crippen LogP contribution in [0.25, 0.3) is 0 Å². The Kier molecular flexibility index (Phi) is 1.60. The Balaban J connectivity index is 2.74. The summed E-state index contributed by atoms with van der Waals surface area (Å²) in [5, 5.41) is 0. The normalized spacial score (nSPS) is 15.0. The Bertz CT molecular complexity index is 342. The number of aromatic nitrogens is 1. The van der Waals surface area contributed by atoms with E-state index in [1.807, 2.05) is 0 Å². The van der Waals surface area contributed by atoms with Crippen LogP contribution in [0.4, 0.5) is 0 Å². The largest absolute Gasteiger partial charge is 0.328 e. The summed E-state index contributed by atoms with van der Waals surface area (Å²) in [7, 11) is 0. The standard InChI is InChI=1S/C8H8BrNO/c9-7-4-10-8(11)6-3-1-2-5(6)7/h4H,1-3H2,(H,10,11). The van der Waals surface area contributed by atoms with E-state index in [-0.39, 0.29) is 5.56 Å².